The number of benzene rings is 5. The van der Waals surface area contributed by atoms with E-state index in [2.05, 4.69) is 155 Å². The monoisotopic (exact) mass is 540 g/mol. The first kappa shape index (κ1) is 25.4. The van der Waals surface area contributed by atoms with E-state index in [1.54, 1.807) is 0 Å². The van der Waals surface area contributed by atoms with E-state index < -0.39 is 10.0 Å². The molecule has 5 aromatic rings. The maximum atomic E-state index is 6.30. The van der Waals surface area contributed by atoms with Gasteiger partial charge in [-0.3, -0.25) is 0 Å². The minimum absolute atomic E-state index is 0.355. The molecule has 0 radical (unpaired) electrons. The van der Waals surface area contributed by atoms with Crippen LogP contribution in [0.15, 0.2) is 147 Å². The molecule has 198 valence electrons. The van der Waals surface area contributed by atoms with Gasteiger partial charge in [0.05, 0.1) is 11.2 Å². The van der Waals surface area contributed by atoms with Crippen molar-refractivity contribution in [3.8, 4) is 22.3 Å². The highest BCUT2D eigenvalue weighted by molar-refractivity contribution is 8.34. The SMILES string of the molecule is CC1(C)OB(c2ccc(-c3ccc4c(c3)S(c3ccccc3)(c3ccccc3)c3ccccc3-4)cc2)OC1(C)C. The second-order valence-electron chi connectivity index (χ2n) is 11.7. The summed E-state index contributed by atoms with van der Waals surface area (Å²) in [6.07, 6.45) is 0. The average Bonchev–Trinajstić information content (AvgIpc) is 3.40. The summed E-state index contributed by atoms with van der Waals surface area (Å²) in [6, 6.07) is 46.8. The van der Waals surface area contributed by atoms with Crippen LogP contribution in [0.25, 0.3) is 22.3 Å². The van der Waals surface area contributed by atoms with Crippen LogP contribution < -0.4 is 5.46 Å². The van der Waals surface area contributed by atoms with E-state index in [1.165, 1.54) is 41.8 Å². The molecule has 7 rings (SSSR count). The Morgan fingerprint density at radius 3 is 1.60 bits per heavy atom. The first-order chi connectivity index (χ1) is 19.3. The van der Waals surface area contributed by atoms with Crippen molar-refractivity contribution in [1.82, 2.24) is 0 Å². The number of rotatable bonds is 4. The zero-order valence-electron chi connectivity index (χ0n) is 23.4. The molecule has 0 atom stereocenters. The van der Waals surface area contributed by atoms with Crippen LogP contribution in [-0.4, -0.2) is 18.3 Å². The largest absolute Gasteiger partial charge is 0.494 e. The highest BCUT2D eigenvalue weighted by atomic mass is 32.3. The summed E-state index contributed by atoms with van der Waals surface area (Å²) in [7, 11) is -2.01. The third-order valence-corrected chi connectivity index (χ3v) is 12.8. The van der Waals surface area contributed by atoms with Gasteiger partial charge in [-0.05, 0) is 91.8 Å². The molecule has 2 aliphatic heterocycles. The lowest BCUT2D eigenvalue weighted by atomic mass is 9.78. The van der Waals surface area contributed by atoms with E-state index in [9.17, 15) is 0 Å². The van der Waals surface area contributed by atoms with Gasteiger partial charge < -0.3 is 9.31 Å². The third kappa shape index (κ3) is 3.74. The van der Waals surface area contributed by atoms with Crippen LogP contribution in [0.1, 0.15) is 27.7 Å². The molecule has 4 heteroatoms. The fraction of sp³-hybridized carbons (Fsp3) is 0.167. The Kier molecular flexibility index (Phi) is 5.87. The minimum Gasteiger partial charge on any atom is -0.399 e. The van der Waals surface area contributed by atoms with Gasteiger partial charge in [-0.15, -0.1) is 10.0 Å². The van der Waals surface area contributed by atoms with E-state index in [4.69, 9.17) is 9.31 Å². The van der Waals surface area contributed by atoms with Crippen molar-refractivity contribution in [2.24, 2.45) is 0 Å². The normalized spacial score (nSPS) is 18.6. The molecule has 2 heterocycles. The van der Waals surface area contributed by atoms with Gasteiger partial charge in [-0.2, -0.15) is 0 Å². The molecule has 0 aromatic heterocycles. The van der Waals surface area contributed by atoms with Crippen LogP contribution in [0.3, 0.4) is 0 Å². The zero-order valence-corrected chi connectivity index (χ0v) is 24.2. The van der Waals surface area contributed by atoms with Gasteiger partial charge in [0.2, 0.25) is 0 Å². The molecule has 0 N–H and O–H groups in total. The summed E-state index contributed by atoms with van der Waals surface area (Å²) in [5, 5.41) is 0. The van der Waals surface area contributed by atoms with E-state index in [-0.39, 0.29) is 18.3 Å². The van der Waals surface area contributed by atoms with Gasteiger partial charge in [-0.25, -0.2) is 0 Å². The summed E-state index contributed by atoms with van der Waals surface area (Å²) < 4.78 is 12.6. The van der Waals surface area contributed by atoms with E-state index >= 15 is 0 Å². The Bertz CT molecular complexity index is 1640. The third-order valence-electron chi connectivity index (χ3n) is 8.78. The second kappa shape index (κ2) is 9.24. The molecule has 0 saturated carbocycles. The Morgan fingerprint density at radius 1 is 0.500 bits per heavy atom. The standard InChI is InChI=1S/C36H33BO2S/c1-35(2)36(3,4)39-37(38-35)28-22-19-26(20-23-28)27-21-24-32-31-17-11-12-18-33(31)40(34(32)25-27,29-13-7-5-8-14-29)30-15-9-6-10-16-30/h5-25H,1-4H3. The molecule has 0 amide bonds. The van der Waals surface area contributed by atoms with Gasteiger partial charge >= 0.3 is 7.12 Å². The molecule has 1 saturated heterocycles. The Balaban J connectivity index is 1.37. The van der Waals surface area contributed by atoms with Gasteiger partial charge in [0.25, 0.3) is 0 Å². The number of hydrogen-bond donors (Lipinski definition) is 0. The molecule has 5 aromatic carbocycles. The van der Waals surface area contributed by atoms with Crippen molar-refractivity contribution < 1.29 is 9.31 Å². The van der Waals surface area contributed by atoms with Crippen LogP contribution in [-0.2, 0) is 9.31 Å². The van der Waals surface area contributed by atoms with E-state index in [0.717, 1.165) is 5.46 Å². The fourth-order valence-electron chi connectivity index (χ4n) is 5.96. The molecular weight excluding hydrogens is 507 g/mol. The van der Waals surface area contributed by atoms with Crippen molar-refractivity contribution in [3.05, 3.63) is 127 Å². The molecule has 2 aliphatic rings. The topological polar surface area (TPSA) is 18.5 Å². The lowest BCUT2D eigenvalue weighted by Crippen LogP contribution is -2.41. The molecule has 0 aliphatic carbocycles. The predicted molar refractivity (Wildman–Crippen MR) is 167 cm³/mol. The molecular formula is C36H33BO2S. The quantitative estimate of drug-likeness (QED) is 0.208. The van der Waals surface area contributed by atoms with Crippen molar-refractivity contribution in [3.63, 3.8) is 0 Å². The fourth-order valence-corrected chi connectivity index (χ4v) is 10.2. The first-order valence-corrected chi connectivity index (χ1v) is 15.6. The zero-order chi connectivity index (χ0) is 27.5. The van der Waals surface area contributed by atoms with Gasteiger partial charge in [0, 0.05) is 19.6 Å². The molecule has 2 nitrogen and oxygen atoms in total. The maximum Gasteiger partial charge on any atom is 0.494 e. The van der Waals surface area contributed by atoms with Gasteiger partial charge in [-0.1, -0.05) is 91.0 Å². The van der Waals surface area contributed by atoms with Crippen LogP contribution >= 0.6 is 10.0 Å². The van der Waals surface area contributed by atoms with E-state index in [1.807, 2.05) is 0 Å². The van der Waals surface area contributed by atoms with E-state index in [0.29, 0.717) is 0 Å². The lowest BCUT2D eigenvalue weighted by Gasteiger charge is -2.39. The summed E-state index contributed by atoms with van der Waals surface area (Å²) >= 11 is 0. The van der Waals surface area contributed by atoms with Crippen LogP contribution in [0.5, 0.6) is 0 Å². The highest BCUT2D eigenvalue weighted by Crippen LogP contribution is 2.80. The summed E-state index contributed by atoms with van der Waals surface area (Å²) in [6.45, 7) is 8.38. The summed E-state index contributed by atoms with van der Waals surface area (Å²) in [5.41, 5.74) is 5.41. The smallest absolute Gasteiger partial charge is 0.399 e. The number of hydrogen-bond acceptors (Lipinski definition) is 2. The minimum atomic E-state index is -1.65. The molecule has 0 spiro atoms. The Hall–Kier alpha value is -3.57. The van der Waals surface area contributed by atoms with Crippen molar-refractivity contribution in [2.75, 3.05) is 0 Å². The summed E-state index contributed by atoms with van der Waals surface area (Å²) in [4.78, 5) is 5.54. The van der Waals surface area contributed by atoms with Crippen LogP contribution in [0, 0.1) is 0 Å². The number of fused-ring (bicyclic) bond motifs is 3. The highest BCUT2D eigenvalue weighted by Gasteiger charge is 2.51. The van der Waals surface area contributed by atoms with Crippen LogP contribution in [0.4, 0.5) is 0 Å². The Labute approximate surface area is 239 Å². The first-order valence-electron chi connectivity index (χ1n) is 13.9. The van der Waals surface area contributed by atoms with Crippen molar-refractivity contribution in [2.45, 2.75) is 58.5 Å². The lowest BCUT2D eigenvalue weighted by molar-refractivity contribution is 0.00578. The molecule has 40 heavy (non-hydrogen) atoms. The van der Waals surface area contributed by atoms with Crippen molar-refractivity contribution in [1.29, 1.82) is 0 Å². The molecule has 1 fully saturated rings. The van der Waals surface area contributed by atoms with Gasteiger partial charge in [0.15, 0.2) is 0 Å². The predicted octanol–water partition coefficient (Wildman–Crippen LogP) is 8.97. The molecule has 0 unspecified atom stereocenters. The average molecular weight is 541 g/mol. The Morgan fingerprint density at radius 2 is 1.00 bits per heavy atom. The van der Waals surface area contributed by atoms with Gasteiger partial charge in [0.1, 0.15) is 0 Å². The van der Waals surface area contributed by atoms with Crippen molar-refractivity contribution >= 4 is 22.6 Å². The maximum absolute atomic E-state index is 6.30. The summed E-state index contributed by atoms with van der Waals surface area (Å²) in [5.74, 6) is 0. The molecule has 0 bridgehead atoms. The van der Waals surface area contributed by atoms with Crippen LogP contribution in [0.2, 0.25) is 0 Å². The second-order valence-corrected chi connectivity index (χ2v) is 14.7.